The number of carbonyl (C=O) groups is 2. The Labute approximate surface area is 240 Å². The minimum absolute atomic E-state index is 0.0551. The number of rotatable bonds is 3. The predicted molar refractivity (Wildman–Crippen MR) is 154 cm³/mol. The number of carbonyl (C=O) groups excluding carboxylic acids is 2. The van der Waals surface area contributed by atoms with Gasteiger partial charge < -0.3 is 10.1 Å². The Morgan fingerprint density at radius 3 is 2.71 bits per heavy atom. The summed E-state index contributed by atoms with van der Waals surface area (Å²) in [6.45, 7) is 1.84. The summed E-state index contributed by atoms with van der Waals surface area (Å²) in [5.74, 6) is -1.14. The predicted octanol–water partition coefficient (Wildman–Crippen LogP) is 6.29. The minimum Gasteiger partial charge on any atom is -0.453 e. The maximum atomic E-state index is 14.6. The summed E-state index contributed by atoms with van der Waals surface area (Å²) in [7, 11) is 1.27. The summed E-state index contributed by atoms with van der Waals surface area (Å²) in [6, 6.07) is 14.2. The summed E-state index contributed by atoms with van der Waals surface area (Å²) in [4.78, 5) is 47.2. The van der Waals surface area contributed by atoms with Crippen LogP contribution in [-0.2, 0) is 9.53 Å². The molecule has 2 aromatic carbocycles. The van der Waals surface area contributed by atoms with Crippen molar-refractivity contribution in [1.29, 1.82) is 0 Å². The van der Waals surface area contributed by atoms with E-state index in [0.29, 0.717) is 41.9 Å². The molecule has 1 aliphatic heterocycles. The number of pyridine rings is 1. The molecule has 0 spiro atoms. The molecule has 5 rings (SSSR count). The van der Waals surface area contributed by atoms with E-state index in [0.717, 1.165) is 5.56 Å². The number of halogens is 2. The average Bonchev–Trinajstić information content (AvgIpc) is 2.96. The molecule has 2 bridgehead atoms. The first-order valence-electron chi connectivity index (χ1n) is 13.0. The van der Waals surface area contributed by atoms with E-state index >= 15 is 0 Å². The first-order valence-corrected chi connectivity index (χ1v) is 13.4. The molecular weight excluding hydrogens is 549 g/mol. The van der Waals surface area contributed by atoms with Gasteiger partial charge in [0.2, 0.25) is 5.91 Å². The second kappa shape index (κ2) is 11.9. The monoisotopic (exact) mass is 575 g/mol. The van der Waals surface area contributed by atoms with Crippen LogP contribution in [0.4, 0.5) is 20.6 Å². The molecular formula is C30H27ClFN5O4. The van der Waals surface area contributed by atoms with E-state index in [2.05, 4.69) is 25.3 Å². The summed E-state index contributed by atoms with van der Waals surface area (Å²) >= 11 is 5.93. The van der Waals surface area contributed by atoms with Crippen molar-refractivity contribution in [2.75, 3.05) is 17.7 Å². The number of ether oxygens (including phenoxy) is 1. The van der Waals surface area contributed by atoms with Crippen LogP contribution in [0.15, 0.2) is 71.9 Å². The lowest BCUT2D eigenvalue weighted by atomic mass is 9.95. The number of benzene rings is 2. The Morgan fingerprint density at radius 2 is 1.93 bits per heavy atom. The van der Waals surface area contributed by atoms with Gasteiger partial charge in [-0.1, -0.05) is 37.1 Å². The molecule has 0 saturated heterocycles. The van der Waals surface area contributed by atoms with Gasteiger partial charge in [0.15, 0.2) is 5.82 Å². The van der Waals surface area contributed by atoms with Crippen LogP contribution in [0.1, 0.15) is 37.9 Å². The molecule has 0 radical (unpaired) electrons. The molecule has 2 N–H and O–H groups in total. The standard InChI is InChI=1S/C30H27ClFN5O4/c1-17-5-3-8-26(37-16-34-23(15-27(37)38)21-6-4-7-22(31)28(21)32)25-13-18(11-12-33-25)20-10-9-19(35-30(40)41-2)14-24(20)36-29(17)39/h4,6-7,9-17,26H,3,5,8H2,1-2H3,(H,35,40)(H,36,39)/t17-,26+/m1/s1. The van der Waals surface area contributed by atoms with Gasteiger partial charge in [0, 0.05) is 35.0 Å². The number of hydrogen-bond donors (Lipinski definition) is 2. The van der Waals surface area contributed by atoms with Crippen LogP contribution < -0.4 is 16.2 Å². The van der Waals surface area contributed by atoms with Crippen molar-refractivity contribution in [3.63, 3.8) is 0 Å². The Morgan fingerprint density at radius 1 is 1.10 bits per heavy atom. The van der Waals surface area contributed by atoms with Crippen LogP contribution in [0, 0.1) is 11.7 Å². The molecule has 9 nitrogen and oxygen atoms in total. The van der Waals surface area contributed by atoms with E-state index in [1.807, 2.05) is 13.0 Å². The van der Waals surface area contributed by atoms with Crippen molar-refractivity contribution < 1.29 is 18.7 Å². The third-order valence-corrected chi connectivity index (χ3v) is 7.40. The molecule has 41 heavy (non-hydrogen) atoms. The van der Waals surface area contributed by atoms with E-state index in [1.54, 1.807) is 36.5 Å². The van der Waals surface area contributed by atoms with Gasteiger partial charge in [-0.15, -0.1) is 0 Å². The van der Waals surface area contributed by atoms with Crippen LogP contribution >= 0.6 is 11.6 Å². The summed E-state index contributed by atoms with van der Waals surface area (Å²) in [5, 5.41) is 5.56. The highest BCUT2D eigenvalue weighted by atomic mass is 35.5. The van der Waals surface area contributed by atoms with Gasteiger partial charge in [0.05, 0.1) is 41.6 Å². The topological polar surface area (TPSA) is 115 Å². The van der Waals surface area contributed by atoms with Crippen molar-refractivity contribution in [3.8, 4) is 22.4 Å². The first kappa shape index (κ1) is 28.0. The third kappa shape index (κ3) is 5.97. The maximum Gasteiger partial charge on any atom is 0.411 e. The van der Waals surface area contributed by atoms with Gasteiger partial charge >= 0.3 is 6.09 Å². The van der Waals surface area contributed by atoms with Crippen molar-refractivity contribution in [2.24, 2.45) is 5.92 Å². The number of fused-ring (bicyclic) bond motifs is 4. The Kier molecular flexibility index (Phi) is 8.11. The van der Waals surface area contributed by atoms with E-state index in [1.165, 1.54) is 36.2 Å². The highest BCUT2D eigenvalue weighted by Gasteiger charge is 2.23. The zero-order valence-electron chi connectivity index (χ0n) is 22.4. The minimum atomic E-state index is -0.643. The number of methoxy groups -OCH3 is 1. The number of nitrogens with zero attached hydrogens (tertiary/aromatic N) is 3. The van der Waals surface area contributed by atoms with Crippen LogP contribution in [-0.4, -0.2) is 33.6 Å². The van der Waals surface area contributed by atoms with Gasteiger partial charge in [-0.3, -0.25) is 24.5 Å². The molecule has 1 aliphatic rings. The van der Waals surface area contributed by atoms with Crippen molar-refractivity contribution in [3.05, 3.63) is 94.0 Å². The molecule has 2 amide bonds. The summed E-state index contributed by atoms with van der Waals surface area (Å²) < 4.78 is 20.8. The number of nitrogens with one attached hydrogen (secondary N) is 2. The highest BCUT2D eigenvalue weighted by molar-refractivity contribution is 6.31. The lowest BCUT2D eigenvalue weighted by molar-refractivity contribution is -0.119. The quantitative estimate of drug-likeness (QED) is 0.297. The Hall–Kier alpha value is -4.57. The first-order chi connectivity index (χ1) is 19.7. The van der Waals surface area contributed by atoms with E-state index in [9.17, 15) is 18.8 Å². The smallest absolute Gasteiger partial charge is 0.411 e. The van der Waals surface area contributed by atoms with Gasteiger partial charge in [-0.25, -0.2) is 14.2 Å². The molecule has 0 saturated carbocycles. The van der Waals surface area contributed by atoms with Crippen molar-refractivity contribution >= 4 is 35.0 Å². The lowest BCUT2D eigenvalue weighted by Crippen LogP contribution is -2.27. The van der Waals surface area contributed by atoms with Crippen LogP contribution in [0.25, 0.3) is 22.4 Å². The number of anilines is 2. The maximum absolute atomic E-state index is 14.6. The summed E-state index contributed by atoms with van der Waals surface area (Å²) in [5.41, 5.74) is 3.01. The van der Waals surface area contributed by atoms with Crippen molar-refractivity contribution in [1.82, 2.24) is 14.5 Å². The molecule has 0 unspecified atom stereocenters. The SMILES string of the molecule is COC(=O)Nc1ccc2c(c1)NC(=O)[C@H](C)CCC[C@H](n1cnc(-c3cccc(Cl)c3F)cc1=O)c1cc-2ccn1. The number of aromatic nitrogens is 3. The molecule has 2 atom stereocenters. The normalized spacial score (nSPS) is 16.9. The van der Waals surface area contributed by atoms with Crippen molar-refractivity contribution in [2.45, 2.75) is 32.2 Å². The van der Waals surface area contributed by atoms with Crippen LogP contribution in [0.3, 0.4) is 0 Å². The molecule has 2 aromatic heterocycles. The van der Waals surface area contributed by atoms with Gasteiger partial charge in [0.25, 0.3) is 5.56 Å². The third-order valence-electron chi connectivity index (χ3n) is 7.10. The second-order valence-corrected chi connectivity index (χ2v) is 10.2. The zero-order chi connectivity index (χ0) is 29.1. The Bertz CT molecular complexity index is 1690. The lowest BCUT2D eigenvalue weighted by Gasteiger charge is -2.23. The zero-order valence-corrected chi connectivity index (χ0v) is 23.1. The molecule has 210 valence electrons. The fourth-order valence-electron chi connectivity index (χ4n) is 4.87. The van der Waals surface area contributed by atoms with E-state index in [4.69, 9.17) is 11.6 Å². The fraction of sp³-hybridized carbons (Fsp3) is 0.233. The number of amides is 2. The van der Waals surface area contributed by atoms with Crippen LogP contribution in [0.5, 0.6) is 0 Å². The number of hydrogen-bond acceptors (Lipinski definition) is 6. The fourth-order valence-corrected chi connectivity index (χ4v) is 5.05. The van der Waals surface area contributed by atoms with E-state index < -0.39 is 18.0 Å². The largest absolute Gasteiger partial charge is 0.453 e. The van der Waals surface area contributed by atoms with Gasteiger partial charge in [0.1, 0.15) is 0 Å². The highest BCUT2D eigenvalue weighted by Crippen LogP contribution is 2.34. The second-order valence-electron chi connectivity index (χ2n) is 9.80. The van der Waals surface area contributed by atoms with Gasteiger partial charge in [-0.05, 0) is 54.8 Å². The molecule has 11 heteroatoms. The molecule has 0 aliphatic carbocycles. The summed E-state index contributed by atoms with van der Waals surface area (Å²) in [6.07, 6.45) is 4.12. The average molecular weight is 576 g/mol. The molecule has 0 fully saturated rings. The van der Waals surface area contributed by atoms with Gasteiger partial charge in [-0.2, -0.15) is 0 Å². The molecule has 3 heterocycles. The Balaban J connectivity index is 1.58. The van der Waals surface area contributed by atoms with E-state index in [-0.39, 0.29) is 33.7 Å². The molecule has 4 aromatic rings. The van der Waals surface area contributed by atoms with Crippen LogP contribution in [0.2, 0.25) is 5.02 Å².